The van der Waals surface area contributed by atoms with E-state index in [-0.39, 0.29) is 11.8 Å². The van der Waals surface area contributed by atoms with E-state index < -0.39 is 0 Å². The van der Waals surface area contributed by atoms with Gasteiger partial charge >= 0.3 is 0 Å². The van der Waals surface area contributed by atoms with E-state index in [0.717, 1.165) is 49.7 Å². The number of aldehydes is 1. The first-order valence-corrected chi connectivity index (χ1v) is 13.9. The fourth-order valence-corrected chi connectivity index (χ4v) is 4.68. The predicted molar refractivity (Wildman–Crippen MR) is 162 cm³/mol. The largest absolute Gasteiger partial charge is 0.457 e. The molecule has 9 nitrogen and oxygen atoms in total. The number of nitrogens with one attached hydrogen (secondary N) is 4. The van der Waals surface area contributed by atoms with Gasteiger partial charge in [0.05, 0.1) is 17.3 Å². The fraction of sp³-hybridized carbons (Fsp3) is 0.419. The van der Waals surface area contributed by atoms with Crippen molar-refractivity contribution in [1.82, 2.24) is 20.6 Å². The molecule has 40 heavy (non-hydrogen) atoms. The van der Waals surface area contributed by atoms with Gasteiger partial charge in [-0.3, -0.25) is 5.41 Å². The molecule has 0 amide bonds. The summed E-state index contributed by atoms with van der Waals surface area (Å²) in [5.74, 6) is 2.99. The number of hydrogen-bond donors (Lipinski definition) is 5. The number of likely N-dealkylation sites (N-methyl/N-ethyl adjacent to an activating group) is 1. The molecule has 0 saturated heterocycles. The molecule has 3 aromatic rings. The lowest BCUT2D eigenvalue weighted by Gasteiger charge is -2.29. The van der Waals surface area contributed by atoms with E-state index in [1.54, 1.807) is 7.05 Å². The van der Waals surface area contributed by atoms with Crippen LogP contribution in [0.4, 0.5) is 11.6 Å². The van der Waals surface area contributed by atoms with Crippen LogP contribution >= 0.6 is 0 Å². The van der Waals surface area contributed by atoms with E-state index in [0.29, 0.717) is 41.0 Å². The minimum Gasteiger partial charge on any atom is -0.457 e. The molecule has 9 heteroatoms. The number of nitrogen functional groups attached to an aromatic ring is 1. The summed E-state index contributed by atoms with van der Waals surface area (Å²) in [6, 6.07) is 18.0. The minimum absolute atomic E-state index is 0.0463. The molecule has 0 aliphatic heterocycles. The second-order valence-electron chi connectivity index (χ2n) is 10.4. The van der Waals surface area contributed by atoms with Gasteiger partial charge in [0, 0.05) is 17.6 Å². The molecule has 1 aliphatic rings. The number of anilines is 2. The van der Waals surface area contributed by atoms with Crippen molar-refractivity contribution < 1.29 is 9.53 Å². The Balaban J connectivity index is 0.000000424. The third-order valence-corrected chi connectivity index (χ3v) is 6.99. The van der Waals surface area contributed by atoms with E-state index in [1.165, 1.54) is 6.33 Å². The Morgan fingerprint density at radius 1 is 1.00 bits per heavy atom. The van der Waals surface area contributed by atoms with Crippen LogP contribution in [0.1, 0.15) is 57.1 Å². The van der Waals surface area contributed by atoms with Gasteiger partial charge < -0.3 is 31.2 Å². The van der Waals surface area contributed by atoms with E-state index in [2.05, 4.69) is 39.8 Å². The Morgan fingerprint density at radius 2 is 1.62 bits per heavy atom. The number of rotatable bonds is 11. The summed E-state index contributed by atoms with van der Waals surface area (Å²) >= 11 is 0. The van der Waals surface area contributed by atoms with Crippen molar-refractivity contribution in [2.24, 2.45) is 5.92 Å². The number of carbonyl (C=O) groups excluding carboxylic acids is 1. The third-order valence-electron chi connectivity index (χ3n) is 6.99. The van der Waals surface area contributed by atoms with Gasteiger partial charge in [0.25, 0.3) is 0 Å². The summed E-state index contributed by atoms with van der Waals surface area (Å²) in [6.45, 7) is 4.21. The summed E-state index contributed by atoms with van der Waals surface area (Å²) in [5, 5.41) is 18.5. The van der Waals surface area contributed by atoms with Crippen LogP contribution in [0.2, 0.25) is 0 Å². The molecule has 1 aliphatic carbocycles. The summed E-state index contributed by atoms with van der Waals surface area (Å²) in [5.41, 5.74) is 7.72. The second kappa shape index (κ2) is 15.7. The molecule has 1 aromatic heterocycles. The molecule has 0 spiro atoms. The van der Waals surface area contributed by atoms with E-state index in [1.807, 2.05) is 61.6 Å². The first kappa shape index (κ1) is 30.7. The highest BCUT2D eigenvalue weighted by Gasteiger charge is 2.23. The molecular weight excluding hydrogens is 502 g/mol. The molecule has 214 valence electrons. The monoisotopic (exact) mass is 545 g/mol. The Bertz CT molecular complexity index is 1190. The molecular formula is C31H43N7O2. The van der Waals surface area contributed by atoms with Crippen molar-refractivity contribution in [3.63, 3.8) is 0 Å². The van der Waals surface area contributed by atoms with Crippen LogP contribution in [-0.2, 0) is 4.79 Å². The zero-order valence-electron chi connectivity index (χ0n) is 24.0. The molecule has 4 rings (SSSR count). The third kappa shape index (κ3) is 9.14. The maximum atomic E-state index is 10.2. The Morgan fingerprint density at radius 3 is 2.17 bits per heavy atom. The molecule has 1 unspecified atom stereocenters. The maximum absolute atomic E-state index is 10.2. The highest BCUT2D eigenvalue weighted by molar-refractivity contribution is 6.16. The lowest BCUT2D eigenvalue weighted by Crippen LogP contribution is -2.35. The second-order valence-corrected chi connectivity index (χ2v) is 10.4. The minimum atomic E-state index is 0.0463. The molecule has 1 heterocycles. The number of benzene rings is 2. The Kier molecular flexibility index (Phi) is 12.0. The molecule has 0 bridgehead atoms. The summed E-state index contributed by atoms with van der Waals surface area (Å²) in [7, 11) is 3.82. The predicted octanol–water partition coefficient (Wildman–Crippen LogP) is 5.03. The number of aromatic nitrogens is 2. The van der Waals surface area contributed by atoms with Gasteiger partial charge in [-0.2, -0.15) is 0 Å². The van der Waals surface area contributed by atoms with Crippen molar-refractivity contribution in [1.29, 1.82) is 5.41 Å². The van der Waals surface area contributed by atoms with Crippen LogP contribution in [0.15, 0.2) is 60.9 Å². The summed E-state index contributed by atoms with van der Waals surface area (Å²) in [4.78, 5) is 18.7. The van der Waals surface area contributed by atoms with Crippen LogP contribution in [-0.4, -0.2) is 54.2 Å². The average Bonchev–Trinajstić information content (AvgIpc) is 2.97. The number of nitrogens with zero attached hydrogens (tertiary/aromatic N) is 2. The fourth-order valence-electron chi connectivity index (χ4n) is 4.68. The van der Waals surface area contributed by atoms with Gasteiger partial charge in [-0.15, -0.1) is 0 Å². The summed E-state index contributed by atoms with van der Waals surface area (Å²) < 4.78 is 5.85. The Hall–Kier alpha value is -3.82. The SMILES string of the molecule is CNC(C=O)CC(C)C.CNC1CCC(Nc2ncnc(N)c2C(=N)c2ccc(Oc3ccccc3)cc2)CC1. The Labute approximate surface area is 237 Å². The van der Waals surface area contributed by atoms with Crippen LogP contribution in [0.25, 0.3) is 0 Å². The molecule has 1 atom stereocenters. The molecule has 1 saturated carbocycles. The van der Waals surface area contributed by atoms with Crippen molar-refractivity contribution in [3.8, 4) is 11.5 Å². The van der Waals surface area contributed by atoms with Crippen LogP contribution in [0.5, 0.6) is 11.5 Å². The lowest BCUT2D eigenvalue weighted by atomic mass is 9.91. The van der Waals surface area contributed by atoms with Crippen LogP contribution < -0.4 is 26.4 Å². The number of carbonyl (C=O) groups is 1. The topological polar surface area (TPSA) is 138 Å². The molecule has 0 radical (unpaired) electrons. The van der Waals surface area contributed by atoms with Crippen molar-refractivity contribution in [2.75, 3.05) is 25.1 Å². The standard InChI is InChI=1S/C24H28N6O.C7H15NO/c1-27-17-9-11-18(12-10-17)30-24-21(23(26)28-15-29-24)22(25)16-7-13-20(14-8-16)31-19-5-3-2-4-6-19;1-6(2)4-7(5-9)8-3/h2-8,13-15,17-18,25,27H,9-12H2,1H3,(H3,26,28,29,30);5-8H,4H2,1-3H3. The highest BCUT2D eigenvalue weighted by Crippen LogP contribution is 2.28. The first-order chi connectivity index (χ1) is 19.3. The number of nitrogens with two attached hydrogens (primary N) is 1. The highest BCUT2D eigenvalue weighted by atomic mass is 16.5. The van der Waals surface area contributed by atoms with Crippen molar-refractivity contribution in [2.45, 2.75) is 64.1 Å². The number of ether oxygens (including phenoxy) is 1. The number of hydrogen-bond acceptors (Lipinski definition) is 9. The quantitative estimate of drug-likeness (QED) is 0.167. The van der Waals surface area contributed by atoms with Gasteiger partial charge in [0.15, 0.2) is 0 Å². The van der Waals surface area contributed by atoms with Gasteiger partial charge in [0.1, 0.15) is 35.7 Å². The smallest absolute Gasteiger partial charge is 0.141 e. The number of para-hydroxylation sites is 1. The van der Waals surface area contributed by atoms with E-state index >= 15 is 0 Å². The molecule has 1 fully saturated rings. The van der Waals surface area contributed by atoms with Crippen molar-refractivity contribution >= 4 is 23.6 Å². The molecule has 6 N–H and O–H groups in total. The van der Waals surface area contributed by atoms with E-state index in [9.17, 15) is 4.79 Å². The van der Waals surface area contributed by atoms with Gasteiger partial charge in [-0.05, 0) is 88.5 Å². The van der Waals surface area contributed by atoms with Crippen LogP contribution in [0.3, 0.4) is 0 Å². The average molecular weight is 546 g/mol. The van der Waals surface area contributed by atoms with Gasteiger partial charge in [-0.25, -0.2) is 9.97 Å². The molecule has 2 aromatic carbocycles. The van der Waals surface area contributed by atoms with Crippen LogP contribution in [0, 0.1) is 11.3 Å². The normalized spacial score (nSPS) is 17.3. The zero-order chi connectivity index (χ0) is 28.9. The lowest BCUT2D eigenvalue weighted by molar-refractivity contribution is -0.109. The van der Waals surface area contributed by atoms with E-state index in [4.69, 9.17) is 15.9 Å². The zero-order valence-corrected chi connectivity index (χ0v) is 24.0. The van der Waals surface area contributed by atoms with Crippen molar-refractivity contribution in [3.05, 3.63) is 72.1 Å². The summed E-state index contributed by atoms with van der Waals surface area (Å²) in [6.07, 6.45) is 7.67. The van der Waals surface area contributed by atoms with Gasteiger partial charge in [-0.1, -0.05) is 32.0 Å². The van der Waals surface area contributed by atoms with Gasteiger partial charge in [0.2, 0.25) is 0 Å². The first-order valence-electron chi connectivity index (χ1n) is 13.9. The maximum Gasteiger partial charge on any atom is 0.141 e.